The predicted molar refractivity (Wildman–Crippen MR) is 66.3 cm³/mol. The molecule has 112 valence electrons. The molecule has 0 radical (unpaired) electrons. The second kappa shape index (κ2) is 4.98. The van der Waals surface area contributed by atoms with E-state index in [1.54, 1.807) is 0 Å². The molecule has 0 atom stereocenters. The van der Waals surface area contributed by atoms with Crippen molar-refractivity contribution in [3.8, 4) is 11.1 Å². The number of anilines is 1. The van der Waals surface area contributed by atoms with Gasteiger partial charge in [-0.25, -0.2) is 0 Å². The van der Waals surface area contributed by atoms with Gasteiger partial charge in [0, 0.05) is 5.56 Å². The topological polar surface area (TPSA) is 26.0 Å². The van der Waals surface area contributed by atoms with Gasteiger partial charge in [-0.3, -0.25) is 0 Å². The van der Waals surface area contributed by atoms with Crippen LogP contribution in [0, 0.1) is 0 Å². The molecule has 0 unspecified atom stereocenters. The van der Waals surface area contributed by atoms with E-state index >= 15 is 0 Å². The lowest BCUT2D eigenvalue weighted by Gasteiger charge is -2.14. The summed E-state index contributed by atoms with van der Waals surface area (Å²) in [5.74, 6) is 0. The van der Waals surface area contributed by atoms with E-state index in [0.29, 0.717) is 0 Å². The minimum absolute atomic E-state index is 0.0200. The Morgan fingerprint density at radius 2 is 1.38 bits per heavy atom. The number of alkyl halides is 6. The van der Waals surface area contributed by atoms with Gasteiger partial charge in [-0.1, -0.05) is 24.3 Å². The molecule has 0 bridgehead atoms. The van der Waals surface area contributed by atoms with Crippen LogP contribution < -0.4 is 5.73 Å². The van der Waals surface area contributed by atoms with Crippen LogP contribution in [-0.4, -0.2) is 0 Å². The first-order chi connectivity index (χ1) is 9.60. The third-order valence-corrected chi connectivity index (χ3v) is 2.91. The summed E-state index contributed by atoms with van der Waals surface area (Å²) in [6.07, 6.45) is -9.24. The van der Waals surface area contributed by atoms with Gasteiger partial charge in [-0.05, 0) is 23.8 Å². The molecule has 0 heterocycles. The molecule has 2 aromatic carbocycles. The SMILES string of the molecule is Nc1c(-c2cccc(C(F)(F)F)c2)cccc1C(F)(F)F. The standard InChI is InChI=1S/C14H9F6N/c15-13(16,17)9-4-1-3-8(7-9)10-5-2-6-11(12(10)21)14(18,19)20/h1-7H,21H2. The maximum atomic E-state index is 12.8. The van der Waals surface area contributed by atoms with Gasteiger partial charge in [0.05, 0.1) is 16.8 Å². The smallest absolute Gasteiger partial charge is 0.398 e. The minimum Gasteiger partial charge on any atom is -0.398 e. The molecule has 0 amide bonds. The molecule has 0 aromatic heterocycles. The number of hydrogen-bond acceptors (Lipinski definition) is 1. The normalized spacial score (nSPS) is 12.5. The van der Waals surface area contributed by atoms with Crippen molar-refractivity contribution in [1.29, 1.82) is 0 Å². The van der Waals surface area contributed by atoms with Gasteiger partial charge in [-0.15, -0.1) is 0 Å². The van der Waals surface area contributed by atoms with E-state index < -0.39 is 29.2 Å². The van der Waals surface area contributed by atoms with E-state index in [2.05, 4.69) is 0 Å². The van der Waals surface area contributed by atoms with Crippen LogP contribution in [0.2, 0.25) is 0 Å². The first kappa shape index (κ1) is 15.2. The third kappa shape index (κ3) is 3.12. The lowest BCUT2D eigenvalue weighted by molar-refractivity contribution is -0.138. The van der Waals surface area contributed by atoms with Crippen LogP contribution in [0.4, 0.5) is 32.0 Å². The van der Waals surface area contributed by atoms with E-state index in [-0.39, 0.29) is 11.1 Å². The van der Waals surface area contributed by atoms with E-state index in [1.807, 2.05) is 0 Å². The fraction of sp³-hybridized carbons (Fsp3) is 0.143. The van der Waals surface area contributed by atoms with Crippen LogP contribution in [0.1, 0.15) is 11.1 Å². The maximum absolute atomic E-state index is 12.8. The first-order valence-electron chi connectivity index (χ1n) is 5.74. The Labute approximate surface area is 116 Å². The van der Waals surface area contributed by atoms with E-state index in [0.717, 1.165) is 30.3 Å². The number of nitrogens with two attached hydrogens (primary N) is 1. The minimum atomic E-state index is -4.66. The zero-order valence-electron chi connectivity index (χ0n) is 10.4. The number of hydrogen-bond donors (Lipinski definition) is 1. The molecule has 0 spiro atoms. The molecule has 1 nitrogen and oxygen atoms in total. The Bertz CT molecular complexity index is 657. The fourth-order valence-electron chi connectivity index (χ4n) is 1.93. The lowest BCUT2D eigenvalue weighted by Crippen LogP contribution is -2.10. The van der Waals surface area contributed by atoms with Crippen molar-refractivity contribution in [2.24, 2.45) is 0 Å². The summed E-state index contributed by atoms with van der Waals surface area (Å²) in [5.41, 5.74) is 2.74. The monoisotopic (exact) mass is 305 g/mol. The molecule has 0 aliphatic rings. The molecule has 21 heavy (non-hydrogen) atoms. The summed E-state index contributed by atoms with van der Waals surface area (Å²) < 4.78 is 76.2. The van der Waals surface area contributed by atoms with Crippen LogP contribution >= 0.6 is 0 Å². The van der Waals surface area contributed by atoms with Crippen molar-refractivity contribution in [2.45, 2.75) is 12.4 Å². The molecular formula is C14H9F6N. The van der Waals surface area contributed by atoms with Crippen LogP contribution in [-0.2, 0) is 12.4 Å². The lowest BCUT2D eigenvalue weighted by atomic mass is 9.98. The second-order valence-corrected chi connectivity index (χ2v) is 4.34. The number of para-hydroxylation sites is 1. The molecule has 0 saturated heterocycles. The molecule has 2 N–H and O–H groups in total. The summed E-state index contributed by atoms with van der Waals surface area (Å²) in [6, 6.07) is 7.15. The largest absolute Gasteiger partial charge is 0.418 e. The number of rotatable bonds is 1. The molecule has 7 heteroatoms. The van der Waals surface area contributed by atoms with Gasteiger partial charge in [-0.2, -0.15) is 26.3 Å². The highest BCUT2D eigenvalue weighted by molar-refractivity contribution is 5.79. The van der Waals surface area contributed by atoms with Gasteiger partial charge in [0.25, 0.3) is 0 Å². The van der Waals surface area contributed by atoms with Crippen molar-refractivity contribution in [1.82, 2.24) is 0 Å². The quantitative estimate of drug-likeness (QED) is 0.584. The molecule has 2 rings (SSSR count). The zero-order valence-corrected chi connectivity index (χ0v) is 10.4. The van der Waals surface area contributed by atoms with Gasteiger partial charge in [0.2, 0.25) is 0 Å². The average molecular weight is 305 g/mol. The molecular weight excluding hydrogens is 296 g/mol. The highest BCUT2D eigenvalue weighted by Crippen LogP contribution is 2.39. The van der Waals surface area contributed by atoms with Crippen molar-refractivity contribution < 1.29 is 26.3 Å². The highest BCUT2D eigenvalue weighted by Gasteiger charge is 2.34. The van der Waals surface area contributed by atoms with Crippen molar-refractivity contribution in [3.05, 3.63) is 53.6 Å². The Morgan fingerprint density at radius 3 is 1.95 bits per heavy atom. The Kier molecular flexibility index (Phi) is 3.61. The van der Waals surface area contributed by atoms with Gasteiger partial charge < -0.3 is 5.73 Å². The van der Waals surface area contributed by atoms with Gasteiger partial charge >= 0.3 is 12.4 Å². The van der Waals surface area contributed by atoms with Gasteiger partial charge in [0.1, 0.15) is 0 Å². The van der Waals surface area contributed by atoms with Crippen LogP contribution in [0.15, 0.2) is 42.5 Å². The fourth-order valence-corrected chi connectivity index (χ4v) is 1.93. The van der Waals surface area contributed by atoms with Crippen LogP contribution in [0.5, 0.6) is 0 Å². The van der Waals surface area contributed by atoms with E-state index in [9.17, 15) is 26.3 Å². The van der Waals surface area contributed by atoms with Crippen molar-refractivity contribution in [2.75, 3.05) is 5.73 Å². The van der Waals surface area contributed by atoms with Crippen molar-refractivity contribution >= 4 is 5.69 Å². The molecule has 0 saturated carbocycles. The maximum Gasteiger partial charge on any atom is 0.418 e. The van der Waals surface area contributed by atoms with Crippen LogP contribution in [0.3, 0.4) is 0 Å². The number of benzene rings is 2. The molecule has 2 aromatic rings. The number of nitrogen functional groups attached to an aromatic ring is 1. The Morgan fingerprint density at radius 1 is 0.762 bits per heavy atom. The molecule has 0 aliphatic carbocycles. The predicted octanol–water partition coefficient (Wildman–Crippen LogP) is 4.97. The molecule has 0 fully saturated rings. The summed E-state index contributed by atoms with van der Waals surface area (Å²) in [7, 11) is 0. The highest BCUT2D eigenvalue weighted by atomic mass is 19.4. The summed E-state index contributed by atoms with van der Waals surface area (Å²) in [5, 5.41) is 0. The summed E-state index contributed by atoms with van der Waals surface area (Å²) in [6.45, 7) is 0. The van der Waals surface area contributed by atoms with E-state index in [4.69, 9.17) is 5.73 Å². The summed E-state index contributed by atoms with van der Waals surface area (Å²) >= 11 is 0. The Balaban J connectivity index is 2.58. The first-order valence-corrected chi connectivity index (χ1v) is 5.74. The van der Waals surface area contributed by atoms with Crippen molar-refractivity contribution in [3.63, 3.8) is 0 Å². The third-order valence-electron chi connectivity index (χ3n) is 2.91. The van der Waals surface area contributed by atoms with Crippen LogP contribution in [0.25, 0.3) is 11.1 Å². The van der Waals surface area contributed by atoms with Gasteiger partial charge in [0.15, 0.2) is 0 Å². The second-order valence-electron chi connectivity index (χ2n) is 4.34. The Hall–Kier alpha value is -2.18. The number of halogens is 6. The summed E-state index contributed by atoms with van der Waals surface area (Å²) in [4.78, 5) is 0. The molecule has 0 aliphatic heterocycles. The average Bonchev–Trinajstić information content (AvgIpc) is 2.37. The van der Waals surface area contributed by atoms with E-state index in [1.165, 1.54) is 12.1 Å². The zero-order chi connectivity index (χ0) is 15.8.